The summed E-state index contributed by atoms with van der Waals surface area (Å²) in [6.45, 7) is 3.80. The van der Waals surface area contributed by atoms with Crippen molar-refractivity contribution in [2.24, 2.45) is 0 Å². The lowest BCUT2D eigenvalue weighted by atomic mass is 10.1. The van der Waals surface area contributed by atoms with Gasteiger partial charge in [0, 0.05) is 6.20 Å². The standard InChI is InChI=1S/C18H19N3O2/c1-12(14-7-9-15(23-3)10-8-14)20-18(22)17-13(2)19-16-6-4-5-11-21(16)17/h4-12H,1-3H3,(H,20,22)/t12-/m1/s1. The minimum absolute atomic E-state index is 0.109. The maximum absolute atomic E-state index is 12.7. The highest BCUT2D eigenvalue weighted by Gasteiger charge is 2.18. The highest BCUT2D eigenvalue weighted by molar-refractivity contribution is 5.94. The molecule has 2 heterocycles. The van der Waals surface area contributed by atoms with Crippen molar-refractivity contribution in [2.75, 3.05) is 7.11 Å². The van der Waals surface area contributed by atoms with Crippen LogP contribution in [-0.2, 0) is 0 Å². The molecule has 23 heavy (non-hydrogen) atoms. The zero-order valence-electron chi connectivity index (χ0n) is 13.4. The number of benzene rings is 1. The Morgan fingerprint density at radius 3 is 2.65 bits per heavy atom. The number of aromatic nitrogens is 2. The average Bonchev–Trinajstić information content (AvgIpc) is 2.90. The van der Waals surface area contributed by atoms with E-state index in [4.69, 9.17) is 4.74 Å². The van der Waals surface area contributed by atoms with Gasteiger partial charge in [0.2, 0.25) is 0 Å². The zero-order chi connectivity index (χ0) is 16.4. The van der Waals surface area contributed by atoms with Gasteiger partial charge in [0.15, 0.2) is 0 Å². The maximum Gasteiger partial charge on any atom is 0.270 e. The Morgan fingerprint density at radius 2 is 1.96 bits per heavy atom. The second-order valence-corrected chi connectivity index (χ2v) is 5.44. The molecule has 1 amide bonds. The largest absolute Gasteiger partial charge is 0.497 e. The van der Waals surface area contributed by atoms with Crippen LogP contribution in [0.3, 0.4) is 0 Å². The number of fused-ring (bicyclic) bond motifs is 1. The minimum Gasteiger partial charge on any atom is -0.497 e. The predicted molar refractivity (Wildman–Crippen MR) is 88.8 cm³/mol. The summed E-state index contributed by atoms with van der Waals surface area (Å²) in [6.07, 6.45) is 1.85. The van der Waals surface area contributed by atoms with E-state index >= 15 is 0 Å². The van der Waals surface area contributed by atoms with E-state index in [1.54, 1.807) is 7.11 Å². The molecule has 3 rings (SSSR count). The molecule has 0 fully saturated rings. The summed E-state index contributed by atoms with van der Waals surface area (Å²) in [5, 5.41) is 3.03. The van der Waals surface area contributed by atoms with Crippen molar-refractivity contribution in [2.45, 2.75) is 19.9 Å². The number of methoxy groups -OCH3 is 1. The Labute approximate surface area is 134 Å². The van der Waals surface area contributed by atoms with Crippen molar-refractivity contribution in [1.82, 2.24) is 14.7 Å². The fourth-order valence-corrected chi connectivity index (χ4v) is 2.63. The van der Waals surface area contributed by atoms with Gasteiger partial charge in [-0.3, -0.25) is 9.20 Å². The number of carbonyl (C=O) groups is 1. The number of nitrogens with zero attached hydrogens (tertiary/aromatic N) is 2. The number of amides is 1. The third-order valence-electron chi connectivity index (χ3n) is 3.88. The summed E-state index contributed by atoms with van der Waals surface area (Å²) in [6, 6.07) is 13.2. The minimum atomic E-state index is -0.135. The molecule has 0 bridgehead atoms. The maximum atomic E-state index is 12.7. The van der Waals surface area contributed by atoms with Crippen LogP contribution in [0.1, 0.15) is 34.7 Å². The molecule has 0 spiro atoms. The lowest BCUT2D eigenvalue weighted by Gasteiger charge is -2.15. The first-order chi connectivity index (χ1) is 11.1. The number of ether oxygens (including phenoxy) is 1. The van der Waals surface area contributed by atoms with Crippen molar-refractivity contribution < 1.29 is 9.53 Å². The average molecular weight is 309 g/mol. The molecule has 5 heteroatoms. The van der Waals surface area contributed by atoms with Crippen molar-refractivity contribution >= 4 is 11.6 Å². The van der Waals surface area contributed by atoms with Crippen molar-refractivity contribution in [3.05, 3.63) is 65.6 Å². The van der Waals surface area contributed by atoms with E-state index in [0.717, 1.165) is 22.7 Å². The predicted octanol–water partition coefficient (Wildman–Crippen LogP) is 3.14. The Kier molecular flexibility index (Phi) is 4.02. The summed E-state index contributed by atoms with van der Waals surface area (Å²) in [7, 11) is 1.63. The third-order valence-corrected chi connectivity index (χ3v) is 3.88. The normalized spacial score (nSPS) is 12.1. The fourth-order valence-electron chi connectivity index (χ4n) is 2.63. The number of hydrogen-bond acceptors (Lipinski definition) is 3. The Hall–Kier alpha value is -2.82. The van der Waals surface area contributed by atoms with Gasteiger partial charge < -0.3 is 10.1 Å². The van der Waals surface area contributed by atoms with Gasteiger partial charge in [-0.05, 0) is 43.7 Å². The molecule has 0 radical (unpaired) electrons. The van der Waals surface area contributed by atoms with Crippen LogP contribution < -0.4 is 10.1 Å². The van der Waals surface area contributed by atoms with Gasteiger partial charge in [-0.2, -0.15) is 0 Å². The molecular formula is C18H19N3O2. The molecule has 5 nitrogen and oxygen atoms in total. The SMILES string of the molecule is COc1ccc([C@@H](C)NC(=O)c2c(C)nc3ccccn23)cc1. The van der Waals surface area contributed by atoms with Crippen LogP contribution >= 0.6 is 0 Å². The third kappa shape index (κ3) is 2.90. The Balaban J connectivity index is 1.83. The first-order valence-electron chi connectivity index (χ1n) is 7.48. The van der Waals surface area contributed by atoms with E-state index in [0.29, 0.717) is 5.69 Å². The molecule has 0 saturated carbocycles. The Morgan fingerprint density at radius 1 is 1.22 bits per heavy atom. The van der Waals surface area contributed by atoms with E-state index in [1.165, 1.54) is 0 Å². The molecule has 0 saturated heterocycles. The number of pyridine rings is 1. The number of hydrogen-bond donors (Lipinski definition) is 1. The first-order valence-corrected chi connectivity index (χ1v) is 7.48. The molecule has 2 aromatic heterocycles. The molecule has 1 atom stereocenters. The van der Waals surface area contributed by atoms with Gasteiger partial charge in [0.05, 0.1) is 18.8 Å². The monoisotopic (exact) mass is 309 g/mol. The van der Waals surface area contributed by atoms with Gasteiger partial charge in [0.25, 0.3) is 5.91 Å². The second kappa shape index (κ2) is 6.12. The van der Waals surface area contributed by atoms with Gasteiger partial charge in [-0.25, -0.2) is 4.98 Å². The van der Waals surface area contributed by atoms with Crippen molar-refractivity contribution in [1.29, 1.82) is 0 Å². The van der Waals surface area contributed by atoms with Gasteiger partial charge >= 0.3 is 0 Å². The summed E-state index contributed by atoms with van der Waals surface area (Å²) in [5.41, 5.74) is 3.08. The molecule has 0 unspecified atom stereocenters. The number of carbonyl (C=O) groups excluding carboxylic acids is 1. The van der Waals surface area contributed by atoms with E-state index in [9.17, 15) is 4.79 Å². The molecular weight excluding hydrogens is 290 g/mol. The molecule has 3 aromatic rings. The second-order valence-electron chi connectivity index (χ2n) is 5.44. The molecule has 0 aliphatic rings. The zero-order valence-corrected chi connectivity index (χ0v) is 13.4. The molecule has 1 N–H and O–H groups in total. The first kappa shape index (κ1) is 15.1. The number of aryl methyl sites for hydroxylation is 1. The Bertz CT molecular complexity index is 837. The van der Waals surface area contributed by atoms with Gasteiger partial charge in [-0.15, -0.1) is 0 Å². The number of rotatable bonds is 4. The number of imidazole rings is 1. The number of nitrogens with one attached hydrogen (secondary N) is 1. The quantitative estimate of drug-likeness (QED) is 0.805. The van der Waals surface area contributed by atoms with Gasteiger partial charge in [-0.1, -0.05) is 18.2 Å². The topological polar surface area (TPSA) is 55.6 Å². The molecule has 0 aliphatic carbocycles. The van der Waals surface area contributed by atoms with E-state index < -0.39 is 0 Å². The summed E-state index contributed by atoms with van der Waals surface area (Å²) in [5.74, 6) is 0.662. The smallest absolute Gasteiger partial charge is 0.270 e. The van der Waals surface area contributed by atoms with E-state index in [2.05, 4.69) is 10.3 Å². The lowest BCUT2D eigenvalue weighted by molar-refractivity contribution is 0.0933. The van der Waals surface area contributed by atoms with Crippen LogP contribution in [0, 0.1) is 6.92 Å². The van der Waals surface area contributed by atoms with E-state index in [1.807, 2.05) is 66.9 Å². The summed E-state index contributed by atoms with van der Waals surface area (Å²) < 4.78 is 6.96. The lowest BCUT2D eigenvalue weighted by Crippen LogP contribution is -2.28. The van der Waals surface area contributed by atoms with Gasteiger partial charge in [0.1, 0.15) is 17.1 Å². The summed E-state index contributed by atoms with van der Waals surface area (Å²) in [4.78, 5) is 17.1. The highest BCUT2D eigenvalue weighted by atomic mass is 16.5. The summed E-state index contributed by atoms with van der Waals surface area (Å²) >= 11 is 0. The van der Waals surface area contributed by atoms with Crippen LogP contribution in [0.25, 0.3) is 5.65 Å². The molecule has 1 aromatic carbocycles. The highest BCUT2D eigenvalue weighted by Crippen LogP contribution is 2.18. The van der Waals surface area contributed by atoms with Crippen LogP contribution in [0.2, 0.25) is 0 Å². The molecule has 0 aliphatic heterocycles. The van der Waals surface area contributed by atoms with Crippen LogP contribution in [0.4, 0.5) is 0 Å². The van der Waals surface area contributed by atoms with Crippen molar-refractivity contribution in [3.63, 3.8) is 0 Å². The van der Waals surface area contributed by atoms with Crippen LogP contribution in [0.15, 0.2) is 48.7 Å². The fraction of sp³-hybridized carbons (Fsp3) is 0.222. The van der Waals surface area contributed by atoms with E-state index in [-0.39, 0.29) is 11.9 Å². The molecule has 118 valence electrons. The van der Waals surface area contributed by atoms with Crippen LogP contribution in [0.5, 0.6) is 5.75 Å². The van der Waals surface area contributed by atoms with Crippen molar-refractivity contribution in [3.8, 4) is 5.75 Å². The van der Waals surface area contributed by atoms with Crippen LogP contribution in [-0.4, -0.2) is 22.4 Å².